The number of urea groups is 1. The summed E-state index contributed by atoms with van der Waals surface area (Å²) in [6.07, 6.45) is 0. The Balaban J connectivity index is 1.31. The Morgan fingerprint density at radius 1 is 0.974 bits per heavy atom. The summed E-state index contributed by atoms with van der Waals surface area (Å²) in [7, 11) is 0. The average molecular weight is 512 g/mol. The van der Waals surface area contributed by atoms with Crippen molar-refractivity contribution in [1.82, 2.24) is 10.2 Å². The van der Waals surface area contributed by atoms with Gasteiger partial charge in [0.25, 0.3) is 0 Å². The van der Waals surface area contributed by atoms with Gasteiger partial charge in [-0.05, 0) is 52.9 Å². The number of benzene rings is 4. The number of nitrogens with one attached hydrogen (secondary N) is 2. The Morgan fingerprint density at radius 3 is 2.47 bits per heavy atom. The predicted molar refractivity (Wildman–Crippen MR) is 147 cm³/mol. The van der Waals surface area contributed by atoms with Crippen molar-refractivity contribution in [3.8, 4) is 0 Å². The van der Waals surface area contributed by atoms with Crippen LogP contribution in [-0.2, 0) is 0 Å². The number of fused-ring (bicyclic) bond motifs is 1. The molecule has 1 heterocycles. The maximum atomic E-state index is 14.5. The summed E-state index contributed by atoms with van der Waals surface area (Å²) >= 11 is 0. The number of carboxylic acids is 1. The van der Waals surface area contributed by atoms with E-state index in [1.807, 2.05) is 24.3 Å². The summed E-state index contributed by atoms with van der Waals surface area (Å²) in [4.78, 5) is 25.9. The first kappa shape index (κ1) is 25.4. The number of aromatic carboxylic acids is 1. The Morgan fingerprint density at radius 2 is 1.71 bits per heavy atom. The van der Waals surface area contributed by atoms with Crippen LogP contribution < -0.4 is 10.6 Å². The number of anilines is 1. The van der Waals surface area contributed by atoms with Gasteiger partial charge in [-0.1, -0.05) is 72.8 Å². The maximum Gasteiger partial charge on any atom is 0.335 e. The number of rotatable bonds is 7. The SMILES string of the molecule is C[C@@H](NC[C@@H]1CN(C(=O)Nc2ccc(C(=O)O)cc2F)C[C@@H]1c1ccccc1)c1cccc2ccccc12. The van der Waals surface area contributed by atoms with Crippen LogP contribution in [0.3, 0.4) is 0 Å². The summed E-state index contributed by atoms with van der Waals surface area (Å²) < 4.78 is 14.5. The van der Waals surface area contributed by atoms with Crippen LogP contribution in [0.15, 0.2) is 91.0 Å². The van der Waals surface area contributed by atoms with Gasteiger partial charge in [0.05, 0.1) is 11.3 Å². The molecular weight excluding hydrogens is 481 g/mol. The van der Waals surface area contributed by atoms with Gasteiger partial charge in [0, 0.05) is 31.6 Å². The van der Waals surface area contributed by atoms with Crippen molar-refractivity contribution in [1.29, 1.82) is 0 Å². The summed E-state index contributed by atoms with van der Waals surface area (Å²) in [6, 6.07) is 28.0. The van der Waals surface area contributed by atoms with Crippen molar-refractivity contribution in [2.24, 2.45) is 5.92 Å². The van der Waals surface area contributed by atoms with Gasteiger partial charge in [0.1, 0.15) is 5.82 Å². The number of carboxylic acid groups (broad SMARTS) is 1. The van der Waals surface area contributed by atoms with Gasteiger partial charge in [-0.2, -0.15) is 0 Å². The Labute approximate surface area is 221 Å². The lowest BCUT2D eigenvalue weighted by atomic mass is 9.88. The monoisotopic (exact) mass is 511 g/mol. The van der Waals surface area contributed by atoms with Crippen LogP contribution in [0, 0.1) is 11.7 Å². The third-order valence-electron chi connectivity index (χ3n) is 7.39. The number of carbonyl (C=O) groups is 2. The molecule has 38 heavy (non-hydrogen) atoms. The molecule has 4 aromatic rings. The van der Waals surface area contributed by atoms with E-state index in [-0.39, 0.29) is 29.1 Å². The van der Waals surface area contributed by atoms with Gasteiger partial charge in [-0.3, -0.25) is 0 Å². The quantitative estimate of drug-likeness (QED) is 0.273. The van der Waals surface area contributed by atoms with E-state index < -0.39 is 17.8 Å². The molecule has 7 heteroatoms. The van der Waals surface area contributed by atoms with Crippen LogP contribution in [0.5, 0.6) is 0 Å². The lowest BCUT2D eigenvalue weighted by Crippen LogP contribution is -2.34. The fraction of sp³-hybridized carbons (Fsp3) is 0.226. The van der Waals surface area contributed by atoms with E-state index in [1.54, 1.807) is 4.90 Å². The molecule has 5 rings (SSSR count). The summed E-state index contributed by atoms with van der Waals surface area (Å²) in [5, 5.41) is 17.8. The van der Waals surface area contributed by atoms with Crippen molar-refractivity contribution < 1.29 is 19.1 Å². The lowest BCUT2D eigenvalue weighted by molar-refractivity contribution is 0.0696. The Hall–Kier alpha value is -4.23. The van der Waals surface area contributed by atoms with Crippen LogP contribution in [0.25, 0.3) is 10.8 Å². The molecule has 3 N–H and O–H groups in total. The highest BCUT2D eigenvalue weighted by atomic mass is 19.1. The summed E-state index contributed by atoms with van der Waals surface area (Å²) in [6.45, 7) is 3.87. The number of amides is 2. The number of carbonyl (C=O) groups excluding carboxylic acids is 1. The Kier molecular flexibility index (Phi) is 7.38. The first-order valence-corrected chi connectivity index (χ1v) is 12.8. The minimum absolute atomic E-state index is 0.0394. The van der Waals surface area contributed by atoms with Gasteiger partial charge in [-0.25, -0.2) is 14.0 Å². The smallest absolute Gasteiger partial charge is 0.335 e. The number of likely N-dealkylation sites (tertiary alicyclic amines) is 1. The first-order valence-electron chi connectivity index (χ1n) is 12.8. The minimum atomic E-state index is -1.22. The van der Waals surface area contributed by atoms with Crippen LogP contribution >= 0.6 is 0 Å². The lowest BCUT2D eigenvalue weighted by Gasteiger charge is -2.23. The van der Waals surface area contributed by atoms with Crippen LogP contribution in [0.4, 0.5) is 14.9 Å². The fourth-order valence-corrected chi connectivity index (χ4v) is 5.33. The highest BCUT2D eigenvalue weighted by Gasteiger charge is 2.36. The second-order valence-corrected chi connectivity index (χ2v) is 9.81. The molecule has 0 aliphatic carbocycles. The van der Waals surface area contributed by atoms with Crippen molar-refractivity contribution in [3.05, 3.63) is 114 Å². The van der Waals surface area contributed by atoms with Crippen molar-refractivity contribution in [2.45, 2.75) is 18.9 Å². The Bertz CT molecular complexity index is 1450. The highest BCUT2D eigenvalue weighted by molar-refractivity contribution is 5.92. The molecule has 1 saturated heterocycles. The molecule has 0 bridgehead atoms. The molecule has 1 aliphatic rings. The van der Waals surface area contributed by atoms with E-state index in [0.717, 1.165) is 11.6 Å². The number of hydrogen-bond acceptors (Lipinski definition) is 3. The van der Waals surface area contributed by atoms with Crippen LogP contribution in [-0.4, -0.2) is 41.6 Å². The third kappa shape index (κ3) is 5.38. The maximum absolute atomic E-state index is 14.5. The van der Waals surface area contributed by atoms with Gasteiger partial charge in [0.15, 0.2) is 0 Å². The van der Waals surface area contributed by atoms with Crippen LogP contribution in [0.2, 0.25) is 0 Å². The van der Waals surface area contributed by atoms with Crippen molar-refractivity contribution >= 4 is 28.5 Å². The molecule has 1 aliphatic heterocycles. The number of nitrogens with zero attached hydrogens (tertiary/aromatic N) is 1. The molecule has 4 aromatic carbocycles. The second kappa shape index (κ2) is 11.0. The van der Waals surface area contributed by atoms with Gasteiger partial charge >= 0.3 is 12.0 Å². The van der Waals surface area contributed by atoms with E-state index in [9.17, 15) is 14.0 Å². The first-order chi connectivity index (χ1) is 18.4. The molecule has 6 nitrogen and oxygen atoms in total. The van der Waals surface area contributed by atoms with Gasteiger partial charge in [0.2, 0.25) is 0 Å². The summed E-state index contributed by atoms with van der Waals surface area (Å²) in [5.74, 6) is -1.73. The highest BCUT2D eigenvalue weighted by Crippen LogP contribution is 2.34. The third-order valence-corrected chi connectivity index (χ3v) is 7.39. The minimum Gasteiger partial charge on any atom is -0.478 e. The molecule has 3 atom stereocenters. The molecule has 0 spiro atoms. The number of hydrogen-bond donors (Lipinski definition) is 3. The normalized spacial score (nSPS) is 17.9. The molecule has 0 aromatic heterocycles. The number of halogens is 1. The van der Waals surface area contributed by atoms with E-state index in [0.29, 0.717) is 19.6 Å². The zero-order valence-corrected chi connectivity index (χ0v) is 21.1. The van der Waals surface area contributed by atoms with E-state index in [1.165, 1.54) is 28.5 Å². The fourth-order valence-electron chi connectivity index (χ4n) is 5.33. The molecule has 1 fully saturated rings. The van der Waals surface area contributed by atoms with E-state index in [4.69, 9.17) is 5.11 Å². The zero-order valence-electron chi connectivity index (χ0n) is 21.1. The summed E-state index contributed by atoms with van der Waals surface area (Å²) in [5.41, 5.74) is 2.18. The van der Waals surface area contributed by atoms with Gasteiger partial charge in [-0.15, -0.1) is 0 Å². The largest absolute Gasteiger partial charge is 0.478 e. The topological polar surface area (TPSA) is 81.7 Å². The predicted octanol–water partition coefficient (Wildman–Crippen LogP) is 6.28. The molecule has 194 valence electrons. The second-order valence-electron chi connectivity index (χ2n) is 9.81. The van der Waals surface area contributed by atoms with Crippen molar-refractivity contribution in [3.63, 3.8) is 0 Å². The molecule has 0 radical (unpaired) electrons. The standard InChI is InChI=1S/C31H30FN3O3/c1-20(25-13-7-11-21-10-5-6-12-26(21)25)33-17-24-18-35(19-27(24)22-8-3-2-4-9-22)31(38)34-29-15-14-23(30(36)37)16-28(29)32/h2-16,20,24,27,33H,17-19H2,1H3,(H,34,38)(H,36,37)/t20-,24-,27-/m1/s1. The molecule has 0 saturated carbocycles. The van der Waals surface area contributed by atoms with E-state index in [2.05, 4.69) is 66.1 Å². The average Bonchev–Trinajstić information content (AvgIpc) is 3.37. The van der Waals surface area contributed by atoms with E-state index >= 15 is 0 Å². The van der Waals surface area contributed by atoms with Gasteiger partial charge < -0.3 is 20.6 Å². The molecule has 2 amide bonds. The van der Waals surface area contributed by atoms with Crippen LogP contribution in [0.1, 0.15) is 40.4 Å². The molecular formula is C31H30FN3O3. The zero-order chi connectivity index (χ0) is 26.6. The molecule has 0 unspecified atom stereocenters. The van der Waals surface area contributed by atoms with Crippen molar-refractivity contribution in [2.75, 3.05) is 25.0 Å².